The number of ether oxygens (including phenoxy) is 2. The number of anilines is 1. The molecule has 0 saturated heterocycles. The molecule has 0 spiro atoms. The van der Waals surface area contributed by atoms with Gasteiger partial charge in [0.2, 0.25) is 0 Å². The molecule has 2 aromatic rings. The van der Waals surface area contributed by atoms with E-state index in [9.17, 15) is 9.59 Å². The summed E-state index contributed by atoms with van der Waals surface area (Å²) in [4.78, 5) is 25.4. The van der Waals surface area contributed by atoms with Gasteiger partial charge in [-0.3, -0.25) is 4.79 Å². The van der Waals surface area contributed by atoms with Crippen molar-refractivity contribution in [3.8, 4) is 5.75 Å². The van der Waals surface area contributed by atoms with Gasteiger partial charge in [0.15, 0.2) is 0 Å². The number of hydrogen-bond donors (Lipinski definition) is 1. The predicted octanol–water partition coefficient (Wildman–Crippen LogP) is 7.49. The van der Waals surface area contributed by atoms with Crippen LogP contribution in [0.15, 0.2) is 48.5 Å². The van der Waals surface area contributed by atoms with Crippen LogP contribution in [0.25, 0.3) is 0 Å². The van der Waals surface area contributed by atoms with Crippen molar-refractivity contribution in [2.24, 2.45) is 0 Å². The molecule has 2 aromatic carbocycles. The number of likely N-dealkylation sites (N-methyl/N-ethyl adjacent to an activating group) is 1. The van der Waals surface area contributed by atoms with Gasteiger partial charge >= 0.3 is 5.97 Å². The van der Waals surface area contributed by atoms with Crippen LogP contribution in [0.2, 0.25) is 0 Å². The minimum atomic E-state index is -0.350. The summed E-state index contributed by atoms with van der Waals surface area (Å²) in [7, 11) is 2.16. The number of carbonyl (C=O) groups is 2. The van der Waals surface area contributed by atoms with Crippen molar-refractivity contribution in [2.75, 3.05) is 45.2 Å². The fourth-order valence-electron chi connectivity index (χ4n) is 4.24. The molecule has 0 fully saturated rings. The number of unbranched alkanes of at least 4 members (excludes halogenated alkanes) is 8. The first kappa shape index (κ1) is 31.4. The highest BCUT2D eigenvalue weighted by Gasteiger charge is 2.18. The summed E-state index contributed by atoms with van der Waals surface area (Å²) < 4.78 is 12.3. The van der Waals surface area contributed by atoms with Gasteiger partial charge in [-0.15, -0.1) is 0 Å². The molecule has 0 bridgehead atoms. The molecule has 0 atom stereocenters. The molecule has 0 aromatic heterocycles. The Hall–Kier alpha value is -2.86. The molecule has 2 rings (SSSR count). The monoisotopic (exact) mass is 525 g/mol. The summed E-state index contributed by atoms with van der Waals surface area (Å²) in [5.74, 6) is 0.00499. The number of benzene rings is 2. The van der Waals surface area contributed by atoms with E-state index in [2.05, 4.69) is 33.1 Å². The maximum Gasteiger partial charge on any atom is 0.338 e. The lowest BCUT2D eigenvalue weighted by molar-refractivity contribution is -0.906. The van der Waals surface area contributed by atoms with Crippen molar-refractivity contribution in [1.29, 1.82) is 0 Å². The molecule has 6 nitrogen and oxygen atoms in total. The van der Waals surface area contributed by atoms with E-state index < -0.39 is 0 Å². The van der Waals surface area contributed by atoms with E-state index in [1.54, 1.807) is 30.3 Å². The van der Waals surface area contributed by atoms with Crippen LogP contribution < -0.4 is 10.1 Å². The highest BCUT2D eigenvalue weighted by molar-refractivity contribution is 6.06. The normalized spacial score (nSPS) is 11.3. The van der Waals surface area contributed by atoms with Crippen LogP contribution >= 0.6 is 0 Å². The second-order valence-electron chi connectivity index (χ2n) is 10.3. The van der Waals surface area contributed by atoms with Gasteiger partial charge in [-0.05, 0) is 56.7 Å². The Bertz CT molecular complexity index is 954. The minimum absolute atomic E-state index is 0.237. The van der Waals surface area contributed by atoms with Crippen LogP contribution in [0.5, 0.6) is 5.75 Å². The van der Waals surface area contributed by atoms with Crippen molar-refractivity contribution in [3.05, 3.63) is 59.7 Å². The Kier molecular flexibility index (Phi) is 14.5. The molecule has 1 N–H and O–H groups in total. The first-order valence-corrected chi connectivity index (χ1v) is 14.6. The maximum absolute atomic E-state index is 12.9. The number of para-hydroxylation sites is 1. The third-order valence-electron chi connectivity index (χ3n) is 7.41. The Labute approximate surface area is 230 Å². The summed E-state index contributed by atoms with van der Waals surface area (Å²) in [6.45, 7) is 10.3. The second-order valence-corrected chi connectivity index (χ2v) is 10.3. The maximum atomic E-state index is 12.9. The highest BCUT2D eigenvalue weighted by Crippen LogP contribution is 2.21. The van der Waals surface area contributed by atoms with Gasteiger partial charge in [-0.25, -0.2) is 4.79 Å². The van der Waals surface area contributed by atoms with Crippen molar-refractivity contribution in [3.63, 3.8) is 0 Å². The molecule has 0 radical (unpaired) electrons. The summed E-state index contributed by atoms with van der Waals surface area (Å²) in [5, 5.41) is 2.91. The van der Waals surface area contributed by atoms with Crippen LogP contribution in [-0.4, -0.2) is 56.3 Å². The van der Waals surface area contributed by atoms with Crippen LogP contribution in [0.1, 0.15) is 99.3 Å². The van der Waals surface area contributed by atoms with Crippen LogP contribution in [0.4, 0.5) is 5.69 Å². The van der Waals surface area contributed by atoms with Gasteiger partial charge in [-0.2, -0.15) is 0 Å². The van der Waals surface area contributed by atoms with Gasteiger partial charge in [0.25, 0.3) is 5.91 Å². The zero-order valence-electron chi connectivity index (χ0n) is 24.1. The molecule has 0 heterocycles. The van der Waals surface area contributed by atoms with Crippen molar-refractivity contribution in [2.45, 2.75) is 78.6 Å². The Morgan fingerprint density at radius 1 is 0.763 bits per heavy atom. The quantitative estimate of drug-likeness (QED) is 0.117. The van der Waals surface area contributed by atoms with Gasteiger partial charge < -0.3 is 19.3 Å². The van der Waals surface area contributed by atoms with Gasteiger partial charge in [-0.1, -0.05) is 70.4 Å². The first-order valence-electron chi connectivity index (χ1n) is 14.6. The number of quaternary nitrogens is 1. The third kappa shape index (κ3) is 11.3. The van der Waals surface area contributed by atoms with E-state index in [4.69, 9.17) is 9.47 Å². The lowest BCUT2D eigenvalue weighted by atomic mass is 10.1. The molecule has 6 heteroatoms. The fraction of sp³-hybridized carbons (Fsp3) is 0.562. The predicted molar refractivity (Wildman–Crippen MR) is 156 cm³/mol. The smallest absolute Gasteiger partial charge is 0.338 e. The molecule has 0 unspecified atom stereocenters. The average molecular weight is 526 g/mol. The standard InChI is InChI=1S/C32H48N2O4/c1-5-8-9-10-11-12-13-14-17-25-37-30-19-16-15-18-29(30)31(35)33-28-22-20-27(21-23-28)32(36)38-26-24-34(4,6-2)7-3/h15-16,18-23H,5-14,17,24-26H2,1-4H3/p+1. The molecular formula is C32H49N2O4+. The van der Waals surface area contributed by atoms with Crippen molar-refractivity contribution < 1.29 is 23.5 Å². The molecule has 1 amide bonds. The van der Waals surface area contributed by atoms with Crippen molar-refractivity contribution in [1.82, 2.24) is 0 Å². The number of amides is 1. The minimum Gasteiger partial charge on any atom is -0.493 e. The largest absolute Gasteiger partial charge is 0.493 e. The fourth-order valence-corrected chi connectivity index (χ4v) is 4.24. The van der Waals surface area contributed by atoms with Gasteiger partial charge in [0.05, 0.1) is 37.9 Å². The number of nitrogens with one attached hydrogen (secondary N) is 1. The van der Waals surface area contributed by atoms with E-state index in [0.29, 0.717) is 35.8 Å². The van der Waals surface area contributed by atoms with Crippen LogP contribution in [0, 0.1) is 0 Å². The number of esters is 1. The zero-order valence-corrected chi connectivity index (χ0v) is 24.1. The lowest BCUT2D eigenvalue weighted by Gasteiger charge is -2.31. The average Bonchev–Trinajstić information content (AvgIpc) is 2.94. The molecule has 0 aliphatic heterocycles. The SMILES string of the molecule is CCCCCCCCCCCOc1ccccc1C(=O)Nc1ccc(C(=O)OCC[N+](C)(CC)CC)cc1. The third-order valence-corrected chi connectivity index (χ3v) is 7.41. The summed E-state index contributed by atoms with van der Waals surface area (Å²) in [5.41, 5.74) is 1.58. The number of nitrogens with zero attached hydrogens (tertiary/aromatic N) is 1. The van der Waals surface area contributed by atoms with E-state index in [1.165, 1.54) is 44.9 Å². The Morgan fingerprint density at radius 3 is 2.00 bits per heavy atom. The summed E-state index contributed by atoms with van der Waals surface area (Å²) in [6.07, 6.45) is 11.3. The summed E-state index contributed by atoms with van der Waals surface area (Å²) >= 11 is 0. The van der Waals surface area contributed by atoms with Gasteiger partial charge in [0.1, 0.15) is 18.9 Å². The molecule has 0 aliphatic rings. The van der Waals surface area contributed by atoms with E-state index in [1.807, 2.05) is 18.2 Å². The van der Waals surface area contributed by atoms with Gasteiger partial charge in [0, 0.05) is 5.69 Å². The number of rotatable bonds is 19. The molecule has 0 aliphatic carbocycles. The molecule has 38 heavy (non-hydrogen) atoms. The van der Waals surface area contributed by atoms with E-state index in [-0.39, 0.29) is 11.9 Å². The summed E-state index contributed by atoms with van der Waals surface area (Å²) in [6, 6.07) is 14.1. The number of carbonyl (C=O) groups excluding carboxylic acids is 2. The van der Waals surface area contributed by atoms with E-state index >= 15 is 0 Å². The highest BCUT2D eigenvalue weighted by atomic mass is 16.5. The van der Waals surface area contributed by atoms with Crippen LogP contribution in [0.3, 0.4) is 0 Å². The lowest BCUT2D eigenvalue weighted by Crippen LogP contribution is -2.46. The van der Waals surface area contributed by atoms with Crippen molar-refractivity contribution >= 4 is 17.6 Å². The molecule has 0 saturated carbocycles. The number of hydrogen-bond acceptors (Lipinski definition) is 4. The van der Waals surface area contributed by atoms with E-state index in [0.717, 1.165) is 37.0 Å². The Morgan fingerprint density at radius 2 is 1.37 bits per heavy atom. The van der Waals surface area contributed by atoms with Crippen LogP contribution in [-0.2, 0) is 4.74 Å². The first-order chi connectivity index (χ1) is 18.4. The zero-order chi connectivity index (χ0) is 27.6. The topological polar surface area (TPSA) is 64.6 Å². The Balaban J connectivity index is 1.78. The second kappa shape index (κ2) is 17.6. The molecule has 210 valence electrons. The molecular weight excluding hydrogens is 476 g/mol.